The molecule has 0 spiro atoms. The lowest BCUT2D eigenvalue weighted by atomic mass is 10.1. The average molecular weight is 337 g/mol. The first-order chi connectivity index (χ1) is 12.1. The van der Waals surface area contributed by atoms with Gasteiger partial charge in [0.1, 0.15) is 0 Å². The molecule has 2 heterocycles. The number of oxazole rings is 1. The third-order valence-corrected chi connectivity index (χ3v) is 4.17. The highest BCUT2D eigenvalue weighted by molar-refractivity contribution is 6.06. The molecule has 0 saturated carbocycles. The van der Waals surface area contributed by atoms with Crippen LogP contribution < -0.4 is 16.0 Å². The Bertz CT molecular complexity index is 1030. The first kappa shape index (κ1) is 15.2. The first-order valence-electron chi connectivity index (χ1n) is 7.95. The fourth-order valence-electron chi connectivity index (χ4n) is 2.97. The van der Waals surface area contributed by atoms with Gasteiger partial charge in [0.2, 0.25) is 5.91 Å². The zero-order valence-corrected chi connectivity index (χ0v) is 13.2. The Morgan fingerprint density at radius 3 is 2.84 bits per heavy atom. The summed E-state index contributed by atoms with van der Waals surface area (Å²) in [6.45, 7) is 0.675. The minimum Gasteiger partial charge on any atom is -0.408 e. The number of aromatic amines is 1. The second-order valence-corrected chi connectivity index (χ2v) is 5.88. The maximum absolute atomic E-state index is 12.5. The van der Waals surface area contributed by atoms with Crippen LogP contribution in [0.4, 0.5) is 11.4 Å². The quantitative estimate of drug-likeness (QED) is 0.767. The van der Waals surface area contributed by atoms with Crippen molar-refractivity contribution in [2.45, 2.75) is 12.8 Å². The Morgan fingerprint density at radius 2 is 2.04 bits per heavy atom. The topological polar surface area (TPSA) is 95.4 Å². The summed E-state index contributed by atoms with van der Waals surface area (Å²) in [5.41, 5.74) is 2.66. The van der Waals surface area contributed by atoms with Gasteiger partial charge in [0.05, 0.1) is 5.52 Å². The number of hydrogen-bond acceptors (Lipinski definition) is 4. The van der Waals surface area contributed by atoms with Crippen LogP contribution in [0.25, 0.3) is 11.1 Å². The number of rotatable bonds is 3. The number of hydrogen-bond donors (Lipinski definition) is 2. The van der Waals surface area contributed by atoms with Crippen molar-refractivity contribution in [2.75, 3.05) is 16.8 Å². The lowest BCUT2D eigenvalue weighted by Crippen LogP contribution is -2.24. The van der Waals surface area contributed by atoms with Gasteiger partial charge in [0, 0.05) is 29.9 Å². The maximum Gasteiger partial charge on any atom is 0.417 e. The van der Waals surface area contributed by atoms with Gasteiger partial charge in [0.15, 0.2) is 5.58 Å². The molecule has 0 aliphatic carbocycles. The highest BCUT2D eigenvalue weighted by Crippen LogP contribution is 2.23. The van der Waals surface area contributed by atoms with Crippen molar-refractivity contribution >= 4 is 34.3 Å². The van der Waals surface area contributed by atoms with Crippen LogP contribution in [0.2, 0.25) is 0 Å². The van der Waals surface area contributed by atoms with Crippen molar-refractivity contribution in [2.24, 2.45) is 0 Å². The Morgan fingerprint density at radius 1 is 1.16 bits per heavy atom. The number of nitrogens with zero attached hydrogens (tertiary/aromatic N) is 1. The molecule has 1 saturated heterocycles. The summed E-state index contributed by atoms with van der Waals surface area (Å²) >= 11 is 0. The van der Waals surface area contributed by atoms with Crippen molar-refractivity contribution in [3.05, 3.63) is 58.6 Å². The van der Waals surface area contributed by atoms with E-state index in [1.165, 1.54) is 0 Å². The molecule has 126 valence electrons. The van der Waals surface area contributed by atoms with E-state index in [2.05, 4.69) is 10.3 Å². The van der Waals surface area contributed by atoms with Gasteiger partial charge in [-0.1, -0.05) is 6.07 Å². The first-order valence-corrected chi connectivity index (χ1v) is 7.95. The van der Waals surface area contributed by atoms with E-state index in [4.69, 9.17) is 4.42 Å². The lowest BCUT2D eigenvalue weighted by molar-refractivity contribution is -0.117. The predicted octanol–water partition coefficient (Wildman–Crippen LogP) is 2.50. The summed E-state index contributed by atoms with van der Waals surface area (Å²) < 4.78 is 4.93. The van der Waals surface area contributed by atoms with E-state index < -0.39 is 5.76 Å². The Hall–Kier alpha value is -3.35. The molecule has 1 aromatic heterocycles. The molecule has 1 fully saturated rings. The second kappa shape index (κ2) is 5.94. The van der Waals surface area contributed by atoms with Crippen LogP contribution >= 0.6 is 0 Å². The fourth-order valence-corrected chi connectivity index (χ4v) is 2.97. The van der Waals surface area contributed by atoms with Gasteiger partial charge < -0.3 is 14.6 Å². The molecule has 2 amide bonds. The van der Waals surface area contributed by atoms with Crippen LogP contribution in [0.5, 0.6) is 0 Å². The largest absolute Gasteiger partial charge is 0.417 e. The molecule has 4 rings (SSSR count). The summed E-state index contributed by atoms with van der Waals surface area (Å²) in [6, 6.07) is 11.9. The minimum atomic E-state index is -0.540. The van der Waals surface area contributed by atoms with Crippen molar-refractivity contribution in [1.82, 2.24) is 4.98 Å². The molecule has 0 unspecified atom stereocenters. The number of nitrogens with one attached hydrogen (secondary N) is 2. The van der Waals surface area contributed by atoms with E-state index in [-0.39, 0.29) is 11.8 Å². The van der Waals surface area contributed by atoms with Gasteiger partial charge in [-0.15, -0.1) is 0 Å². The lowest BCUT2D eigenvalue weighted by Gasteiger charge is -2.16. The van der Waals surface area contributed by atoms with Gasteiger partial charge in [0.25, 0.3) is 5.91 Å². The Kier molecular flexibility index (Phi) is 3.61. The zero-order chi connectivity index (χ0) is 17.4. The zero-order valence-electron chi connectivity index (χ0n) is 13.2. The highest BCUT2D eigenvalue weighted by atomic mass is 16.4. The molecule has 7 nitrogen and oxygen atoms in total. The molecule has 0 atom stereocenters. The Labute approximate surface area is 142 Å². The Balaban J connectivity index is 1.57. The summed E-state index contributed by atoms with van der Waals surface area (Å²) in [5.74, 6) is -0.757. The molecule has 25 heavy (non-hydrogen) atoms. The van der Waals surface area contributed by atoms with E-state index in [9.17, 15) is 14.4 Å². The molecule has 7 heteroatoms. The summed E-state index contributed by atoms with van der Waals surface area (Å²) in [7, 11) is 0. The van der Waals surface area contributed by atoms with Crippen molar-refractivity contribution in [3.63, 3.8) is 0 Å². The third-order valence-electron chi connectivity index (χ3n) is 4.17. The molecule has 1 aliphatic heterocycles. The van der Waals surface area contributed by atoms with Gasteiger partial charge >= 0.3 is 5.76 Å². The van der Waals surface area contributed by atoms with Gasteiger partial charge in [-0.2, -0.15) is 0 Å². The monoisotopic (exact) mass is 337 g/mol. The number of amides is 2. The van der Waals surface area contributed by atoms with Gasteiger partial charge in [-0.25, -0.2) is 4.79 Å². The van der Waals surface area contributed by atoms with Crippen molar-refractivity contribution in [3.8, 4) is 0 Å². The fraction of sp³-hybridized carbons (Fsp3) is 0.167. The van der Waals surface area contributed by atoms with Crippen LogP contribution in [0, 0.1) is 0 Å². The average Bonchev–Trinajstić information content (AvgIpc) is 3.19. The van der Waals surface area contributed by atoms with E-state index in [1.54, 1.807) is 41.3 Å². The van der Waals surface area contributed by atoms with Gasteiger partial charge in [-0.05, 0) is 42.8 Å². The number of H-pyrrole nitrogens is 1. The SMILES string of the molecule is O=C(Nc1ccc2oc(=O)[nH]c2c1)c1cccc(N2CCCC2=O)c1. The number of benzene rings is 2. The molecular formula is C18H15N3O4. The van der Waals surface area contributed by atoms with Crippen LogP contribution in [0.15, 0.2) is 51.7 Å². The molecule has 2 aromatic carbocycles. The normalized spacial score (nSPS) is 14.2. The molecule has 0 radical (unpaired) electrons. The number of carbonyl (C=O) groups excluding carboxylic acids is 2. The minimum absolute atomic E-state index is 0.0759. The summed E-state index contributed by atoms with van der Waals surface area (Å²) in [6.07, 6.45) is 1.37. The molecule has 1 aliphatic rings. The standard InChI is InChI=1S/C18H15N3O4/c22-16-5-2-8-21(16)13-4-1-3-11(9-13)17(23)19-12-6-7-15-14(10-12)20-18(24)25-15/h1,3-4,6-7,9-10H,2,5,8H2,(H,19,23)(H,20,24). The number of anilines is 2. The molecule has 0 bridgehead atoms. The van der Waals surface area contributed by atoms with E-state index in [1.807, 2.05) is 6.07 Å². The smallest absolute Gasteiger partial charge is 0.408 e. The molecule has 3 aromatic rings. The van der Waals surface area contributed by atoms with Crippen LogP contribution in [-0.2, 0) is 4.79 Å². The van der Waals surface area contributed by atoms with Crippen LogP contribution in [0.3, 0.4) is 0 Å². The van der Waals surface area contributed by atoms with Crippen LogP contribution in [-0.4, -0.2) is 23.3 Å². The predicted molar refractivity (Wildman–Crippen MR) is 92.8 cm³/mol. The van der Waals surface area contributed by atoms with E-state index in [0.717, 1.165) is 12.1 Å². The third kappa shape index (κ3) is 2.91. The van der Waals surface area contributed by atoms with Crippen molar-refractivity contribution < 1.29 is 14.0 Å². The maximum atomic E-state index is 12.5. The number of carbonyl (C=O) groups is 2. The van der Waals surface area contributed by atoms with E-state index in [0.29, 0.717) is 35.3 Å². The van der Waals surface area contributed by atoms with E-state index >= 15 is 0 Å². The molecule has 2 N–H and O–H groups in total. The summed E-state index contributed by atoms with van der Waals surface area (Å²) in [4.78, 5) is 39.8. The molecular weight excluding hydrogens is 322 g/mol. The van der Waals surface area contributed by atoms with Gasteiger partial charge in [-0.3, -0.25) is 14.6 Å². The summed E-state index contributed by atoms with van der Waals surface area (Å²) in [5, 5.41) is 2.78. The number of aromatic nitrogens is 1. The van der Waals surface area contributed by atoms with Crippen LogP contribution in [0.1, 0.15) is 23.2 Å². The highest BCUT2D eigenvalue weighted by Gasteiger charge is 2.22. The van der Waals surface area contributed by atoms with Crippen molar-refractivity contribution in [1.29, 1.82) is 0 Å². The number of fused-ring (bicyclic) bond motifs is 1. The second-order valence-electron chi connectivity index (χ2n) is 5.88.